The van der Waals surface area contributed by atoms with Crippen molar-refractivity contribution in [3.63, 3.8) is 0 Å². The first-order chi connectivity index (χ1) is 9.50. The standard InChI is InChI=1S/C13H21ClN4O2/c1-3-9-20-12-16-10(14)15-11(17-12)18-7-4-5-13(2,19)6-8-18/h19H,3-9H2,1-2H3. The van der Waals surface area contributed by atoms with Crippen LogP contribution in [0.4, 0.5) is 5.95 Å². The molecule has 1 N–H and O–H groups in total. The van der Waals surface area contributed by atoms with Crippen molar-refractivity contribution in [2.24, 2.45) is 0 Å². The Balaban J connectivity index is 2.13. The maximum absolute atomic E-state index is 10.1. The van der Waals surface area contributed by atoms with Crippen LogP contribution >= 0.6 is 11.6 Å². The zero-order valence-corrected chi connectivity index (χ0v) is 12.7. The van der Waals surface area contributed by atoms with E-state index < -0.39 is 5.60 Å². The molecule has 1 atom stereocenters. The summed E-state index contributed by atoms with van der Waals surface area (Å²) >= 11 is 5.93. The summed E-state index contributed by atoms with van der Waals surface area (Å²) in [6.07, 6.45) is 3.23. The van der Waals surface area contributed by atoms with Crippen LogP contribution in [0.15, 0.2) is 0 Å². The summed E-state index contributed by atoms with van der Waals surface area (Å²) in [5.74, 6) is 0.522. The van der Waals surface area contributed by atoms with Gasteiger partial charge in [0.2, 0.25) is 11.2 Å². The molecule has 20 heavy (non-hydrogen) atoms. The van der Waals surface area contributed by atoms with Gasteiger partial charge in [0.1, 0.15) is 0 Å². The number of aliphatic hydroxyl groups is 1. The average Bonchev–Trinajstić information content (AvgIpc) is 2.57. The summed E-state index contributed by atoms with van der Waals surface area (Å²) in [6, 6.07) is 0.262. The Labute approximate surface area is 124 Å². The van der Waals surface area contributed by atoms with E-state index in [0.29, 0.717) is 25.5 Å². The Morgan fingerprint density at radius 1 is 1.30 bits per heavy atom. The lowest BCUT2D eigenvalue weighted by atomic mass is 9.98. The lowest BCUT2D eigenvalue weighted by molar-refractivity contribution is 0.0481. The molecule has 2 rings (SSSR count). The highest BCUT2D eigenvalue weighted by molar-refractivity contribution is 6.28. The van der Waals surface area contributed by atoms with Crippen molar-refractivity contribution >= 4 is 17.5 Å². The lowest BCUT2D eigenvalue weighted by Gasteiger charge is -2.22. The molecule has 1 unspecified atom stereocenters. The number of nitrogens with zero attached hydrogens (tertiary/aromatic N) is 4. The number of anilines is 1. The summed E-state index contributed by atoms with van der Waals surface area (Å²) < 4.78 is 5.42. The smallest absolute Gasteiger partial charge is 0.322 e. The van der Waals surface area contributed by atoms with Crippen LogP contribution in [0.3, 0.4) is 0 Å². The van der Waals surface area contributed by atoms with E-state index in [1.54, 1.807) is 0 Å². The molecule has 112 valence electrons. The Kier molecular flexibility index (Phi) is 4.99. The summed E-state index contributed by atoms with van der Waals surface area (Å²) in [5, 5.41) is 10.3. The van der Waals surface area contributed by atoms with E-state index in [4.69, 9.17) is 16.3 Å². The van der Waals surface area contributed by atoms with Gasteiger partial charge in [-0.2, -0.15) is 15.0 Å². The second-order valence-corrected chi connectivity index (χ2v) is 5.71. The first kappa shape index (κ1) is 15.3. The summed E-state index contributed by atoms with van der Waals surface area (Å²) in [4.78, 5) is 14.4. The van der Waals surface area contributed by atoms with Gasteiger partial charge in [-0.1, -0.05) is 6.92 Å². The van der Waals surface area contributed by atoms with Gasteiger partial charge in [-0.05, 0) is 44.2 Å². The van der Waals surface area contributed by atoms with Gasteiger partial charge >= 0.3 is 6.01 Å². The Morgan fingerprint density at radius 3 is 2.85 bits per heavy atom. The highest BCUT2D eigenvalue weighted by Gasteiger charge is 2.26. The third-order valence-electron chi connectivity index (χ3n) is 3.36. The molecule has 0 aromatic carbocycles. The topological polar surface area (TPSA) is 71.4 Å². The van der Waals surface area contributed by atoms with Crippen molar-refractivity contribution in [3.05, 3.63) is 5.28 Å². The molecule has 1 aromatic rings. The molecular weight excluding hydrogens is 280 g/mol. The van der Waals surface area contributed by atoms with Gasteiger partial charge in [-0.3, -0.25) is 0 Å². The minimum Gasteiger partial charge on any atom is -0.463 e. The van der Waals surface area contributed by atoms with Crippen LogP contribution in [0.2, 0.25) is 5.28 Å². The molecule has 0 radical (unpaired) electrons. The second-order valence-electron chi connectivity index (χ2n) is 5.37. The molecular formula is C13H21ClN4O2. The largest absolute Gasteiger partial charge is 0.463 e. The van der Waals surface area contributed by atoms with Gasteiger partial charge in [0.05, 0.1) is 12.2 Å². The van der Waals surface area contributed by atoms with Crippen LogP contribution in [0.25, 0.3) is 0 Å². The predicted molar refractivity (Wildman–Crippen MR) is 77.3 cm³/mol. The first-order valence-corrected chi connectivity index (χ1v) is 7.40. The first-order valence-electron chi connectivity index (χ1n) is 7.02. The van der Waals surface area contributed by atoms with Crippen molar-refractivity contribution < 1.29 is 9.84 Å². The fraction of sp³-hybridized carbons (Fsp3) is 0.769. The predicted octanol–water partition coefficient (Wildman–Crippen LogP) is 2.06. The normalized spacial score (nSPS) is 23.5. The molecule has 1 fully saturated rings. The zero-order valence-electron chi connectivity index (χ0n) is 12.0. The van der Waals surface area contributed by atoms with E-state index in [2.05, 4.69) is 15.0 Å². The summed E-state index contributed by atoms with van der Waals surface area (Å²) in [6.45, 7) is 5.92. The third kappa shape index (κ3) is 4.18. The highest BCUT2D eigenvalue weighted by Crippen LogP contribution is 2.24. The van der Waals surface area contributed by atoms with Gasteiger partial charge < -0.3 is 14.7 Å². The Morgan fingerprint density at radius 2 is 2.10 bits per heavy atom. The maximum atomic E-state index is 10.1. The molecule has 0 saturated carbocycles. The number of hydrogen-bond donors (Lipinski definition) is 1. The van der Waals surface area contributed by atoms with Crippen molar-refractivity contribution in [2.45, 2.75) is 45.1 Å². The molecule has 1 aromatic heterocycles. The molecule has 0 amide bonds. The van der Waals surface area contributed by atoms with Crippen LogP contribution in [-0.2, 0) is 0 Å². The van der Waals surface area contributed by atoms with E-state index >= 15 is 0 Å². The fourth-order valence-corrected chi connectivity index (χ4v) is 2.33. The molecule has 2 heterocycles. The van der Waals surface area contributed by atoms with Crippen LogP contribution in [-0.4, -0.2) is 45.4 Å². The Hall–Kier alpha value is -1.14. The monoisotopic (exact) mass is 300 g/mol. The minimum atomic E-state index is -0.618. The molecule has 1 aliphatic heterocycles. The third-order valence-corrected chi connectivity index (χ3v) is 3.53. The summed E-state index contributed by atoms with van der Waals surface area (Å²) in [5.41, 5.74) is -0.618. The number of rotatable bonds is 4. The van der Waals surface area contributed by atoms with Crippen molar-refractivity contribution in [3.8, 4) is 6.01 Å². The molecule has 1 saturated heterocycles. The molecule has 1 aliphatic rings. The van der Waals surface area contributed by atoms with Gasteiger partial charge in [0.15, 0.2) is 0 Å². The van der Waals surface area contributed by atoms with Gasteiger partial charge in [0.25, 0.3) is 0 Å². The number of hydrogen-bond acceptors (Lipinski definition) is 6. The molecule has 0 spiro atoms. The van der Waals surface area contributed by atoms with Gasteiger partial charge in [-0.15, -0.1) is 0 Å². The molecule has 0 bridgehead atoms. The van der Waals surface area contributed by atoms with Crippen LogP contribution in [0.5, 0.6) is 6.01 Å². The SMILES string of the molecule is CCCOc1nc(Cl)nc(N2CCCC(C)(O)CC2)n1. The van der Waals surface area contributed by atoms with Crippen molar-refractivity contribution in [1.29, 1.82) is 0 Å². The van der Waals surface area contributed by atoms with Crippen LogP contribution in [0, 0.1) is 0 Å². The number of aromatic nitrogens is 3. The van der Waals surface area contributed by atoms with Crippen LogP contribution < -0.4 is 9.64 Å². The zero-order chi connectivity index (χ0) is 14.6. The van der Waals surface area contributed by atoms with E-state index in [9.17, 15) is 5.11 Å². The van der Waals surface area contributed by atoms with Crippen molar-refractivity contribution in [1.82, 2.24) is 15.0 Å². The second kappa shape index (κ2) is 6.54. The van der Waals surface area contributed by atoms with Crippen molar-refractivity contribution in [2.75, 3.05) is 24.6 Å². The number of halogens is 1. The molecule has 7 heteroatoms. The van der Waals surface area contributed by atoms with Gasteiger partial charge in [0, 0.05) is 13.1 Å². The minimum absolute atomic E-state index is 0.136. The van der Waals surface area contributed by atoms with E-state index in [1.807, 2.05) is 18.7 Å². The maximum Gasteiger partial charge on any atom is 0.322 e. The van der Waals surface area contributed by atoms with Crippen LogP contribution in [0.1, 0.15) is 39.5 Å². The number of ether oxygens (including phenoxy) is 1. The van der Waals surface area contributed by atoms with Gasteiger partial charge in [-0.25, -0.2) is 0 Å². The highest BCUT2D eigenvalue weighted by atomic mass is 35.5. The molecule has 6 nitrogen and oxygen atoms in total. The molecule has 0 aliphatic carbocycles. The van der Waals surface area contributed by atoms with E-state index in [-0.39, 0.29) is 11.3 Å². The summed E-state index contributed by atoms with van der Waals surface area (Å²) in [7, 11) is 0. The quantitative estimate of drug-likeness (QED) is 0.917. The lowest BCUT2D eigenvalue weighted by Crippen LogP contribution is -2.29. The van der Waals surface area contributed by atoms with E-state index in [1.165, 1.54) is 0 Å². The van der Waals surface area contributed by atoms with E-state index in [0.717, 1.165) is 25.8 Å². The average molecular weight is 301 g/mol. The fourth-order valence-electron chi connectivity index (χ4n) is 2.18. The Bertz CT molecular complexity index is 456.